The summed E-state index contributed by atoms with van der Waals surface area (Å²) < 4.78 is 46.2. The Morgan fingerprint density at radius 3 is 2.30 bits per heavy atom. The first kappa shape index (κ1) is 23.2. The fourth-order valence-electron chi connectivity index (χ4n) is 4.58. The third kappa shape index (κ3) is 5.70. The highest BCUT2D eigenvalue weighted by Gasteiger charge is 2.43. The van der Waals surface area contributed by atoms with Crippen LogP contribution in [0.25, 0.3) is 0 Å². The number of rotatable bonds is 5. The molecule has 1 aromatic heterocycles. The van der Waals surface area contributed by atoms with Crippen LogP contribution in [0, 0.1) is 0 Å². The molecule has 2 fully saturated rings. The Labute approximate surface area is 188 Å². The van der Waals surface area contributed by atoms with Crippen LogP contribution in [0.4, 0.5) is 13.2 Å². The Bertz CT molecular complexity index is 963. The summed E-state index contributed by atoms with van der Waals surface area (Å²) in [7, 11) is 0. The molecule has 2 heterocycles. The van der Waals surface area contributed by atoms with E-state index in [1.807, 2.05) is 12.1 Å². The topological polar surface area (TPSA) is 97.4 Å². The summed E-state index contributed by atoms with van der Waals surface area (Å²) in [5.74, 6) is -3.83. The van der Waals surface area contributed by atoms with Crippen LogP contribution < -0.4 is 4.74 Å². The second-order valence-corrected chi connectivity index (χ2v) is 8.44. The number of hydrogen-bond acceptors (Lipinski definition) is 7. The normalized spacial score (nSPS) is 18.8. The number of carbonyl (C=O) groups excluding carboxylic acids is 2. The first-order valence-corrected chi connectivity index (χ1v) is 11.1. The molecule has 1 saturated heterocycles. The van der Waals surface area contributed by atoms with Crippen molar-refractivity contribution in [3.63, 3.8) is 0 Å². The van der Waals surface area contributed by atoms with Crippen LogP contribution in [-0.4, -0.2) is 57.6 Å². The zero-order valence-electron chi connectivity index (χ0n) is 17.9. The highest BCUT2D eigenvalue weighted by atomic mass is 19.4. The third-order valence-electron chi connectivity index (χ3n) is 6.32. The minimum Gasteiger partial charge on any atom is -0.436 e. The maximum atomic E-state index is 12.3. The van der Waals surface area contributed by atoms with E-state index in [4.69, 9.17) is 4.74 Å². The van der Waals surface area contributed by atoms with Crippen LogP contribution in [0.3, 0.4) is 0 Å². The largest absolute Gasteiger partial charge is 0.491 e. The predicted octanol–water partition coefficient (Wildman–Crippen LogP) is 4.35. The molecule has 178 valence electrons. The summed E-state index contributed by atoms with van der Waals surface area (Å²) in [6.45, 7) is 2.18. The number of alkyl halides is 3. The summed E-state index contributed by atoms with van der Waals surface area (Å²) in [5.41, 5.74) is 0.591. The van der Waals surface area contributed by atoms with Crippen molar-refractivity contribution in [2.45, 2.75) is 63.1 Å². The molecule has 1 saturated carbocycles. The lowest BCUT2D eigenvalue weighted by atomic mass is 9.87. The van der Waals surface area contributed by atoms with Crippen molar-refractivity contribution in [1.82, 2.24) is 20.3 Å². The van der Waals surface area contributed by atoms with Crippen LogP contribution in [0.15, 0.2) is 24.3 Å². The van der Waals surface area contributed by atoms with Crippen LogP contribution in [0.1, 0.15) is 66.9 Å². The van der Waals surface area contributed by atoms with Gasteiger partial charge in [-0.05, 0) is 62.4 Å². The van der Waals surface area contributed by atoms with Gasteiger partial charge in [0.1, 0.15) is 5.75 Å². The summed E-state index contributed by atoms with van der Waals surface area (Å²) >= 11 is 0. The Hall–Kier alpha value is -2.95. The van der Waals surface area contributed by atoms with E-state index < -0.39 is 23.8 Å². The molecular formula is C22H25F3N4O4. The molecular weight excluding hydrogens is 441 g/mol. The first-order valence-electron chi connectivity index (χ1n) is 11.1. The molecule has 0 amide bonds. The molecule has 0 unspecified atom stereocenters. The van der Waals surface area contributed by atoms with Gasteiger partial charge in [0.05, 0.1) is 0 Å². The number of hydrogen-bond donors (Lipinski definition) is 1. The molecule has 0 bridgehead atoms. The quantitative estimate of drug-likeness (QED) is 0.517. The van der Waals surface area contributed by atoms with Crippen molar-refractivity contribution in [2.24, 2.45) is 0 Å². The highest BCUT2D eigenvalue weighted by molar-refractivity contribution is 5.98. The second-order valence-electron chi connectivity index (χ2n) is 8.44. The molecule has 0 spiro atoms. The number of esters is 2. The van der Waals surface area contributed by atoms with Gasteiger partial charge in [-0.3, -0.25) is 0 Å². The van der Waals surface area contributed by atoms with E-state index in [0.29, 0.717) is 11.7 Å². The van der Waals surface area contributed by atoms with Gasteiger partial charge in [0.15, 0.2) is 0 Å². The fraction of sp³-hybridized carbons (Fsp3) is 0.545. The van der Waals surface area contributed by atoms with Gasteiger partial charge in [-0.15, -0.1) is 0 Å². The van der Waals surface area contributed by atoms with E-state index in [0.717, 1.165) is 32.0 Å². The molecule has 1 N–H and O–H groups in total. The molecule has 1 aliphatic heterocycles. The lowest BCUT2D eigenvalue weighted by Gasteiger charge is -2.39. The van der Waals surface area contributed by atoms with E-state index in [2.05, 4.69) is 25.0 Å². The van der Waals surface area contributed by atoms with Gasteiger partial charge in [0.2, 0.25) is 5.69 Å². The second kappa shape index (κ2) is 9.90. The zero-order valence-corrected chi connectivity index (χ0v) is 17.9. The number of likely N-dealkylation sites (tertiary alicyclic amines) is 1. The van der Waals surface area contributed by atoms with Crippen molar-refractivity contribution in [2.75, 3.05) is 13.1 Å². The lowest BCUT2D eigenvalue weighted by molar-refractivity contribution is -0.193. The molecule has 11 heteroatoms. The average molecular weight is 466 g/mol. The summed E-state index contributed by atoms with van der Waals surface area (Å²) in [6.07, 6.45) is 3.49. The molecule has 2 aliphatic rings. The van der Waals surface area contributed by atoms with Crippen molar-refractivity contribution in [3.05, 3.63) is 35.5 Å². The molecule has 1 aliphatic carbocycles. The first-order chi connectivity index (χ1) is 15.8. The summed E-state index contributed by atoms with van der Waals surface area (Å²) in [4.78, 5) is 25.3. The number of nitrogens with one attached hydrogen (secondary N) is 1. The van der Waals surface area contributed by atoms with Gasteiger partial charge in [-0.1, -0.05) is 41.7 Å². The van der Waals surface area contributed by atoms with Crippen molar-refractivity contribution in [3.8, 4) is 11.6 Å². The Balaban J connectivity index is 1.33. The Morgan fingerprint density at radius 2 is 1.67 bits per heavy atom. The number of halogens is 3. The van der Waals surface area contributed by atoms with Crippen molar-refractivity contribution >= 4 is 11.9 Å². The molecule has 33 heavy (non-hydrogen) atoms. The minimum absolute atomic E-state index is 0.323. The van der Waals surface area contributed by atoms with E-state index in [1.165, 1.54) is 37.7 Å². The molecule has 2 aromatic rings. The SMILES string of the molecule is O=C(OC(=O)C(F)(F)F)c1[nH]nnc1Oc1ccc(C2CCN(C3CCCCC3)CC2)cc1. The van der Waals surface area contributed by atoms with Crippen LogP contribution in [0.2, 0.25) is 0 Å². The maximum Gasteiger partial charge on any atom is 0.491 e. The fourth-order valence-corrected chi connectivity index (χ4v) is 4.58. The zero-order chi connectivity index (χ0) is 23.4. The number of nitrogens with zero attached hydrogens (tertiary/aromatic N) is 3. The average Bonchev–Trinajstić information content (AvgIpc) is 3.28. The maximum absolute atomic E-state index is 12.3. The summed E-state index contributed by atoms with van der Waals surface area (Å²) in [6, 6.07) is 7.99. The molecule has 4 rings (SSSR count). The van der Waals surface area contributed by atoms with E-state index in [1.54, 1.807) is 12.1 Å². The lowest BCUT2D eigenvalue weighted by Crippen LogP contribution is -2.41. The van der Waals surface area contributed by atoms with Gasteiger partial charge in [-0.25, -0.2) is 14.7 Å². The van der Waals surface area contributed by atoms with Gasteiger partial charge in [0.25, 0.3) is 5.88 Å². The highest BCUT2D eigenvalue weighted by Crippen LogP contribution is 2.33. The smallest absolute Gasteiger partial charge is 0.436 e. The molecule has 1 aromatic carbocycles. The van der Waals surface area contributed by atoms with Crippen LogP contribution in [-0.2, 0) is 9.53 Å². The van der Waals surface area contributed by atoms with E-state index >= 15 is 0 Å². The number of ether oxygens (including phenoxy) is 2. The van der Waals surface area contributed by atoms with E-state index in [-0.39, 0.29) is 5.88 Å². The number of H-pyrrole nitrogens is 1. The minimum atomic E-state index is -5.30. The Kier molecular flexibility index (Phi) is 6.96. The van der Waals surface area contributed by atoms with Crippen LogP contribution in [0.5, 0.6) is 11.6 Å². The predicted molar refractivity (Wildman–Crippen MR) is 110 cm³/mol. The number of benzene rings is 1. The van der Waals surface area contributed by atoms with Gasteiger partial charge in [-0.2, -0.15) is 13.2 Å². The standard InChI is InChI=1S/C22H25F3N4O4/c23-22(24,25)21(31)33-20(30)18-19(27-28-26-18)32-17-8-6-14(7-9-17)15-10-12-29(13-11-15)16-4-2-1-3-5-16/h6-9,15-16H,1-5,10-13H2,(H,26,27,28). The number of piperidine rings is 1. The third-order valence-corrected chi connectivity index (χ3v) is 6.32. The monoisotopic (exact) mass is 466 g/mol. The van der Waals surface area contributed by atoms with Gasteiger partial charge in [0, 0.05) is 6.04 Å². The van der Waals surface area contributed by atoms with Crippen molar-refractivity contribution < 1.29 is 32.2 Å². The Morgan fingerprint density at radius 1 is 1.00 bits per heavy atom. The molecule has 8 nitrogen and oxygen atoms in total. The number of carbonyl (C=O) groups is 2. The van der Waals surface area contributed by atoms with Crippen molar-refractivity contribution in [1.29, 1.82) is 0 Å². The van der Waals surface area contributed by atoms with Gasteiger partial charge >= 0.3 is 18.1 Å². The van der Waals surface area contributed by atoms with E-state index in [9.17, 15) is 22.8 Å². The summed E-state index contributed by atoms with van der Waals surface area (Å²) in [5, 5.41) is 8.98. The molecule has 0 atom stereocenters. The molecule has 0 radical (unpaired) electrons. The number of aromatic amines is 1. The number of aromatic nitrogens is 3. The van der Waals surface area contributed by atoms with Crippen LogP contribution >= 0.6 is 0 Å². The van der Waals surface area contributed by atoms with Gasteiger partial charge < -0.3 is 14.4 Å².